The average molecular weight is 349 g/mol. The van der Waals surface area contributed by atoms with E-state index in [0.717, 1.165) is 37.6 Å². The van der Waals surface area contributed by atoms with Crippen LogP contribution in [0.25, 0.3) is 0 Å². The highest BCUT2D eigenvalue weighted by Gasteiger charge is 2.27. The topological polar surface area (TPSA) is 75.9 Å². The summed E-state index contributed by atoms with van der Waals surface area (Å²) in [6.45, 7) is 5.88. The second-order valence-corrected chi connectivity index (χ2v) is 6.50. The van der Waals surface area contributed by atoms with Gasteiger partial charge in [0.05, 0.1) is 18.1 Å². The first-order valence-corrected chi connectivity index (χ1v) is 8.42. The molecule has 1 aliphatic heterocycles. The van der Waals surface area contributed by atoms with Gasteiger partial charge in [-0.3, -0.25) is 9.69 Å². The predicted molar refractivity (Wildman–Crippen MR) is 92.0 cm³/mol. The number of anilines is 1. The molecule has 8 heteroatoms. The van der Waals surface area contributed by atoms with Crippen LogP contribution < -0.4 is 5.32 Å². The van der Waals surface area contributed by atoms with Crippen LogP contribution in [0.5, 0.6) is 0 Å². The Morgan fingerprint density at radius 1 is 1.42 bits per heavy atom. The molecule has 0 aromatic carbocycles. The van der Waals surface area contributed by atoms with Crippen molar-refractivity contribution in [3.8, 4) is 0 Å². The lowest BCUT2D eigenvalue weighted by molar-refractivity contribution is -0.117. The molecule has 0 aliphatic carbocycles. The van der Waals surface area contributed by atoms with Gasteiger partial charge in [0, 0.05) is 12.2 Å². The Balaban J connectivity index is 1.58. The van der Waals surface area contributed by atoms with Crippen molar-refractivity contribution < 1.29 is 4.79 Å². The van der Waals surface area contributed by atoms with E-state index in [9.17, 15) is 4.79 Å². The Morgan fingerprint density at radius 2 is 2.25 bits per heavy atom. The number of nitrogens with zero attached hydrogens (tertiary/aromatic N) is 5. The summed E-state index contributed by atoms with van der Waals surface area (Å²) < 4.78 is 1.93. The van der Waals surface area contributed by atoms with Crippen LogP contribution in [0.1, 0.15) is 24.5 Å². The lowest BCUT2D eigenvalue weighted by Gasteiger charge is -2.23. The SMILES string of the molecule is Cc1nc(C)n(C[C@@H]2CCCN2CC(=O)Nc2ccc(Cl)cn2)n1. The minimum Gasteiger partial charge on any atom is -0.310 e. The van der Waals surface area contributed by atoms with Gasteiger partial charge in [-0.2, -0.15) is 5.10 Å². The number of aryl methyl sites for hydroxylation is 2. The molecule has 2 aromatic heterocycles. The van der Waals surface area contributed by atoms with Crippen LogP contribution >= 0.6 is 11.6 Å². The van der Waals surface area contributed by atoms with Gasteiger partial charge in [0.2, 0.25) is 5.91 Å². The van der Waals surface area contributed by atoms with Crippen LogP contribution in [0, 0.1) is 13.8 Å². The highest BCUT2D eigenvalue weighted by molar-refractivity contribution is 6.30. The first kappa shape index (κ1) is 16.9. The fourth-order valence-electron chi connectivity index (χ4n) is 3.06. The molecule has 0 bridgehead atoms. The third-order valence-corrected chi connectivity index (χ3v) is 4.41. The summed E-state index contributed by atoms with van der Waals surface area (Å²) in [7, 11) is 0. The molecule has 1 aliphatic rings. The van der Waals surface area contributed by atoms with Crippen LogP contribution in [0.2, 0.25) is 5.02 Å². The van der Waals surface area contributed by atoms with Crippen molar-refractivity contribution in [3.63, 3.8) is 0 Å². The number of pyridine rings is 1. The minimum absolute atomic E-state index is 0.0665. The molecule has 7 nitrogen and oxygen atoms in total. The van der Waals surface area contributed by atoms with Gasteiger partial charge in [0.15, 0.2) is 0 Å². The standard InChI is InChI=1S/C16H21ClN6O/c1-11-19-12(2)23(21-11)9-14-4-3-7-22(14)10-16(24)20-15-6-5-13(17)8-18-15/h5-6,8,14H,3-4,7,9-10H2,1-2H3,(H,18,20,24)/t14-/m0/s1. The van der Waals surface area contributed by atoms with Crippen molar-refractivity contribution >= 4 is 23.3 Å². The molecule has 1 fully saturated rings. The zero-order chi connectivity index (χ0) is 17.1. The quantitative estimate of drug-likeness (QED) is 0.895. The number of halogens is 1. The third kappa shape index (κ3) is 4.10. The number of rotatable bonds is 5. The molecule has 0 radical (unpaired) electrons. The van der Waals surface area contributed by atoms with E-state index in [1.54, 1.807) is 12.1 Å². The predicted octanol–water partition coefficient (Wildman–Crippen LogP) is 2.05. The van der Waals surface area contributed by atoms with Crippen LogP contribution in [0.3, 0.4) is 0 Å². The Morgan fingerprint density at radius 3 is 2.92 bits per heavy atom. The summed E-state index contributed by atoms with van der Waals surface area (Å²) in [5, 5.41) is 7.78. The molecule has 2 aromatic rings. The highest BCUT2D eigenvalue weighted by atomic mass is 35.5. The molecular weight excluding hydrogens is 328 g/mol. The van der Waals surface area contributed by atoms with Gasteiger partial charge >= 0.3 is 0 Å². The van der Waals surface area contributed by atoms with Gasteiger partial charge < -0.3 is 5.32 Å². The molecule has 24 heavy (non-hydrogen) atoms. The summed E-state index contributed by atoms with van der Waals surface area (Å²) in [6, 6.07) is 3.70. The average Bonchev–Trinajstić information content (AvgIpc) is 3.08. The molecule has 0 saturated carbocycles. The smallest absolute Gasteiger partial charge is 0.239 e. The van der Waals surface area contributed by atoms with E-state index < -0.39 is 0 Å². The number of likely N-dealkylation sites (tertiary alicyclic amines) is 1. The van der Waals surface area contributed by atoms with E-state index in [-0.39, 0.29) is 5.91 Å². The largest absolute Gasteiger partial charge is 0.310 e. The molecule has 1 atom stereocenters. The van der Waals surface area contributed by atoms with Gasteiger partial charge in [-0.1, -0.05) is 11.6 Å². The van der Waals surface area contributed by atoms with E-state index in [1.165, 1.54) is 6.20 Å². The third-order valence-electron chi connectivity index (χ3n) is 4.19. The van der Waals surface area contributed by atoms with Crippen molar-refractivity contribution in [1.29, 1.82) is 0 Å². The van der Waals surface area contributed by atoms with Gasteiger partial charge in [-0.05, 0) is 45.4 Å². The lowest BCUT2D eigenvalue weighted by atomic mass is 10.2. The normalized spacial score (nSPS) is 18.0. The Labute approximate surface area is 146 Å². The monoisotopic (exact) mass is 348 g/mol. The number of carbonyl (C=O) groups excluding carboxylic acids is 1. The first-order chi connectivity index (χ1) is 11.5. The van der Waals surface area contributed by atoms with Gasteiger partial charge in [0.25, 0.3) is 0 Å². The highest BCUT2D eigenvalue weighted by Crippen LogP contribution is 2.19. The maximum absolute atomic E-state index is 12.3. The second-order valence-electron chi connectivity index (χ2n) is 6.06. The summed E-state index contributed by atoms with van der Waals surface area (Å²) in [4.78, 5) is 22.9. The number of nitrogens with one attached hydrogen (secondary N) is 1. The van der Waals surface area contributed by atoms with Crippen molar-refractivity contribution in [1.82, 2.24) is 24.6 Å². The molecule has 0 unspecified atom stereocenters. The number of amides is 1. The van der Waals surface area contributed by atoms with E-state index in [4.69, 9.17) is 11.6 Å². The number of aromatic nitrogens is 4. The van der Waals surface area contributed by atoms with Crippen LogP contribution in [0.15, 0.2) is 18.3 Å². The fraction of sp³-hybridized carbons (Fsp3) is 0.500. The zero-order valence-electron chi connectivity index (χ0n) is 13.9. The van der Waals surface area contributed by atoms with E-state index in [1.807, 2.05) is 18.5 Å². The summed E-state index contributed by atoms with van der Waals surface area (Å²) in [5.41, 5.74) is 0. The Kier molecular flexibility index (Phi) is 5.11. The zero-order valence-corrected chi connectivity index (χ0v) is 14.6. The van der Waals surface area contributed by atoms with Gasteiger partial charge in [0.1, 0.15) is 17.5 Å². The number of hydrogen-bond acceptors (Lipinski definition) is 5. The molecule has 1 amide bonds. The second kappa shape index (κ2) is 7.27. The first-order valence-electron chi connectivity index (χ1n) is 8.05. The van der Waals surface area contributed by atoms with Crippen LogP contribution in [-0.4, -0.2) is 49.7 Å². The van der Waals surface area contributed by atoms with Gasteiger partial charge in [-0.25, -0.2) is 14.6 Å². The molecule has 3 heterocycles. The Hall–Kier alpha value is -1.99. The molecule has 128 valence electrons. The summed E-state index contributed by atoms with van der Waals surface area (Å²) >= 11 is 5.80. The molecular formula is C16H21ClN6O. The van der Waals surface area contributed by atoms with E-state index in [0.29, 0.717) is 23.4 Å². The van der Waals surface area contributed by atoms with Crippen molar-refractivity contribution in [2.75, 3.05) is 18.4 Å². The molecule has 1 saturated heterocycles. The molecule has 1 N–H and O–H groups in total. The maximum atomic E-state index is 12.3. The van der Waals surface area contributed by atoms with Crippen LogP contribution in [0.4, 0.5) is 5.82 Å². The molecule has 0 spiro atoms. The van der Waals surface area contributed by atoms with Crippen LogP contribution in [-0.2, 0) is 11.3 Å². The van der Waals surface area contributed by atoms with E-state index in [2.05, 4.69) is 25.3 Å². The van der Waals surface area contributed by atoms with Crippen molar-refractivity contribution in [3.05, 3.63) is 35.0 Å². The summed E-state index contributed by atoms with van der Waals surface area (Å²) in [5.74, 6) is 2.14. The lowest BCUT2D eigenvalue weighted by Crippen LogP contribution is -2.39. The fourth-order valence-corrected chi connectivity index (χ4v) is 3.17. The summed E-state index contributed by atoms with van der Waals surface area (Å²) in [6.07, 6.45) is 3.67. The Bertz CT molecular complexity index is 714. The van der Waals surface area contributed by atoms with Gasteiger partial charge in [-0.15, -0.1) is 0 Å². The van der Waals surface area contributed by atoms with Crippen molar-refractivity contribution in [2.24, 2.45) is 0 Å². The number of hydrogen-bond donors (Lipinski definition) is 1. The van der Waals surface area contributed by atoms with E-state index >= 15 is 0 Å². The number of carbonyl (C=O) groups is 1. The maximum Gasteiger partial charge on any atom is 0.239 e. The molecule has 3 rings (SSSR count). The minimum atomic E-state index is -0.0665. The van der Waals surface area contributed by atoms with Crippen molar-refractivity contribution in [2.45, 2.75) is 39.3 Å².